The number of pyridine rings is 1. The summed E-state index contributed by atoms with van der Waals surface area (Å²) in [5.41, 5.74) is 1.57. The van der Waals surface area contributed by atoms with Gasteiger partial charge in [0, 0.05) is 18.6 Å². The predicted octanol–water partition coefficient (Wildman–Crippen LogP) is 2.86. The highest BCUT2D eigenvalue weighted by atomic mass is 19.2. The Bertz CT molecular complexity index is 982. The number of anilines is 1. The van der Waals surface area contributed by atoms with Gasteiger partial charge in [-0.1, -0.05) is 12.1 Å². The molecule has 0 unspecified atom stereocenters. The summed E-state index contributed by atoms with van der Waals surface area (Å²) in [4.78, 5) is 23.6. The second kappa shape index (κ2) is 7.44. The molecule has 0 radical (unpaired) electrons. The number of rotatable bonds is 4. The zero-order valence-corrected chi connectivity index (χ0v) is 13.3. The number of hydrogen-bond donors (Lipinski definition) is 1. The van der Waals surface area contributed by atoms with E-state index in [2.05, 4.69) is 20.3 Å². The summed E-state index contributed by atoms with van der Waals surface area (Å²) >= 11 is 0. The minimum Gasteiger partial charge on any atom is -0.306 e. The molecule has 1 amide bonds. The lowest BCUT2D eigenvalue weighted by Gasteiger charge is -2.06. The number of aromatic nitrogens is 3. The van der Waals surface area contributed by atoms with Crippen LogP contribution in [-0.4, -0.2) is 20.9 Å². The highest BCUT2D eigenvalue weighted by molar-refractivity contribution is 6.03. The molecule has 0 saturated carbocycles. The van der Waals surface area contributed by atoms with Gasteiger partial charge in [0.15, 0.2) is 11.6 Å². The third-order valence-corrected chi connectivity index (χ3v) is 3.47. The van der Waals surface area contributed by atoms with E-state index in [0.29, 0.717) is 17.8 Å². The molecule has 0 aliphatic heterocycles. The van der Waals surface area contributed by atoms with Crippen molar-refractivity contribution in [3.63, 3.8) is 0 Å². The van der Waals surface area contributed by atoms with E-state index < -0.39 is 17.5 Å². The van der Waals surface area contributed by atoms with E-state index in [1.807, 2.05) is 0 Å². The van der Waals surface area contributed by atoms with Crippen LogP contribution in [0.4, 0.5) is 14.6 Å². The summed E-state index contributed by atoms with van der Waals surface area (Å²) in [5, 5.41) is 11.2. The Morgan fingerprint density at radius 2 is 1.73 bits per heavy atom. The van der Waals surface area contributed by atoms with Crippen LogP contribution in [0.3, 0.4) is 0 Å². The average molecular weight is 351 g/mol. The van der Waals surface area contributed by atoms with Crippen molar-refractivity contribution in [2.75, 3.05) is 5.32 Å². The maximum atomic E-state index is 13.2. The third-order valence-electron chi connectivity index (χ3n) is 3.47. The fourth-order valence-corrected chi connectivity index (χ4v) is 2.18. The molecule has 2 aromatic heterocycles. The van der Waals surface area contributed by atoms with E-state index in [-0.39, 0.29) is 11.4 Å². The molecule has 3 aromatic rings. The van der Waals surface area contributed by atoms with Crippen LogP contribution in [0.15, 0.2) is 48.9 Å². The third kappa shape index (κ3) is 4.02. The second-order valence-corrected chi connectivity index (χ2v) is 5.34. The standard InChI is InChI=1S/C18H11F2N5O/c19-14-3-1-11(6-15(14)20)5-12-2-4-16(22-8-12)25-18(26)13-9-23-17(7-21)24-10-13/h1-4,6,8-10H,5H2,(H,22,25,26). The van der Waals surface area contributed by atoms with Crippen LogP contribution in [0.2, 0.25) is 0 Å². The van der Waals surface area contributed by atoms with Crippen LogP contribution < -0.4 is 5.32 Å². The summed E-state index contributed by atoms with van der Waals surface area (Å²) in [6.07, 6.45) is 4.41. The molecule has 0 bridgehead atoms. The van der Waals surface area contributed by atoms with Crippen LogP contribution in [0.5, 0.6) is 0 Å². The molecule has 0 spiro atoms. The molecule has 2 heterocycles. The van der Waals surface area contributed by atoms with E-state index in [9.17, 15) is 13.6 Å². The summed E-state index contributed by atoms with van der Waals surface area (Å²) < 4.78 is 26.2. The monoisotopic (exact) mass is 351 g/mol. The smallest absolute Gasteiger partial charge is 0.259 e. The van der Waals surface area contributed by atoms with Crippen molar-refractivity contribution in [2.24, 2.45) is 0 Å². The Balaban J connectivity index is 1.66. The number of amides is 1. The van der Waals surface area contributed by atoms with Crippen molar-refractivity contribution >= 4 is 11.7 Å². The van der Waals surface area contributed by atoms with E-state index in [1.165, 1.54) is 24.7 Å². The molecule has 0 aliphatic rings. The summed E-state index contributed by atoms with van der Waals surface area (Å²) in [6, 6.07) is 8.79. The van der Waals surface area contributed by atoms with Gasteiger partial charge in [-0.05, 0) is 35.7 Å². The van der Waals surface area contributed by atoms with Gasteiger partial charge in [-0.3, -0.25) is 4.79 Å². The largest absolute Gasteiger partial charge is 0.306 e. The maximum Gasteiger partial charge on any atom is 0.259 e. The van der Waals surface area contributed by atoms with Crippen molar-refractivity contribution in [3.05, 3.63) is 83.1 Å². The van der Waals surface area contributed by atoms with Crippen molar-refractivity contribution in [1.29, 1.82) is 5.26 Å². The van der Waals surface area contributed by atoms with Gasteiger partial charge in [0.05, 0.1) is 5.56 Å². The molecule has 1 aromatic carbocycles. The van der Waals surface area contributed by atoms with Gasteiger partial charge in [-0.15, -0.1) is 0 Å². The molecular formula is C18H11F2N5O. The lowest BCUT2D eigenvalue weighted by atomic mass is 10.1. The Morgan fingerprint density at radius 3 is 2.35 bits per heavy atom. The molecule has 6 nitrogen and oxygen atoms in total. The molecule has 128 valence electrons. The lowest BCUT2D eigenvalue weighted by Crippen LogP contribution is -2.14. The van der Waals surface area contributed by atoms with Gasteiger partial charge < -0.3 is 5.32 Å². The molecule has 0 saturated heterocycles. The van der Waals surface area contributed by atoms with E-state index in [0.717, 1.165) is 17.7 Å². The summed E-state index contributed by atoms with van der Waals surface area (Å²) in [6.45, 7) is 0. The molecular weight excluding hydrogens is 340 g/mol. The Morgan fingerprint density at radius 1 is 1.00 bits per heavy atom. The van der Waals surface area contributed by atoms with E-state index >= 15 is 0 Å². The molecule has 0 aliphatic carbocycles. The van der Waals surface area contributed by atoms with Gasteiger partial charge in [0.2, 0.25) is 5.82 Å². The molecule has 0 atom stereocenters. The molecule has 1 N–H and O–H groups in total. The van der Waals surface area contributed by atoms with E-state index in [4.69, 9.17) is 5.26 Å². The topological polar surface area (TPSA) is 91.6 Å². The van der Waals surface area contributed by atoms with Gasteiger partial charge in [0.1, 0.15) is 11.9 Å². The zero-order valence-electron chi connectivity index (χ0n) is 13.3. The van der Waals surface area contributed by atoms with Gasteiger partial charge in [0.25, 0.3) is 5.91 Å². The normalized spacial score (nSPS) is 10.2. The number of nitrogens with zero attached hydrogens (tertiary/aromatic N) is 4. The number of carbonyl (C=O) groups excluding carboxylic acids is 1. The minimum absolute atomic E-state index is 0.0266. The van der Waals surface area contributed by atoms with Gasteiger partial charge in [-0.2, -0.15) is 5.26 Å². The SMILES string of the molecule is N#Cc1ncc(C(=O)Nc2ccc(Cc3ccc(F)c(F)c3)cn2)cn1. The molecule has 26 heavy (non-hydrogen) atoms. The van der Waals surface area contributed by atoms with Crippen molar-refractivity contribution in [3.8, 4) is 6.07 Å². The predicted molar refractivity (Wildman–Crippen MR) is 88.1 cm³/mol. The quantitative estimate of drug-likeness (QED) is 0.780. The Labute approximate surface area is 147 Å². The number of benzene rings is 1. The van der Waals surface area contributed by atoms with Crippen LogP contribution in [0, 0.1) is 23.0 Å². The van der Waals surface area contributed by atoms with Gasteiger partial charge >= 0.3 is 0 Å². The number of nitrogens with one attached hydrogen (secondary N) is 1. The fraction of sp³-hybridized carbons (Fsp3) is 0.0556. The van der Waals surface area contributed by atoms with Gasteiger partial charge in [-0.25, -0.2) is 23.7 Å². The number of carbonyl (C=O) groups is 1. The number of halogens is 2. The summed E-state index contributed by atoms with van der Waals surface area (Å²) in [5.74, 6) is -1.97. The highest BCUT2D eigenvalue weighted by Gasteiger charge is 2.09. The van der Waals surface area contributed by atoms with Crippen molar-refractivity contribution < 1.29 is 13.6 Å². The van der Waals surface area contributed by atoms with E-state index in [1.54, 1.807) is 18.2 Å². The van der Waals surface area contributed by atoms with Crippen LogP contribution in [-0.2, 0) is 6.42 Å². The number of hydrogen-bond acceptors (Lipinski definition) is 5. The van der Waals surface area contributed by atoms with Crippen molar-refractivity contribution in [1.82, 2.24) is 15.0 Å². The second-order valence-electron chi connectivity index (χ2n) is 5.34. The maximum absolute atomic E-state index is 13.2. The fourth-order valence-electron chi connectivity index (χ4n) is 2.18. The first kappa shape index (κ1) is 17.1. The lowest BCUT2D eigenvalue weighted by molar-refractivity contribution is 0.102. The Kier molecular flexibility index (Phi) is 4.90. The van der Waals surface area contributed by atoms with Crippen molar-refractivity contribution in [2.45, 2.75) is 6.42 Å². The highest BCUT2D eigenvalue weighted by Crippen LogP contribution is 2.14. The zero-order chi connectivity index (χ0) is 18.5. The Hall–Kier alpha value is -3.73. The summed E-state index contributed by atoms with van der Waals surface area (Å²) in [7, 11) is 0. The van der Waals surface area contributed by atoms with Crippen LogP contribution in [0.1, 0.15) is 27.3 Å². The first-order valence-corrected chi connectivity index (χ1v) is 7.47. The number of nitriles is 1. The molecule has 3 rings (SSSR count). The van der Waals surface area contributed by atoms with Crippen LogP contribution >= 0.6 is 0 Å². The van der Waals surface area contributed by atoms with Crippen LogP contribution in [0.25, 0.3) is 0 Å². The first-order chi connectivity index (χ1) is 12.5. The average Bonchev–Trinajstić information content (AvgIpc) is 2.66. The molecule has 8 heteroatoms. The molecule has 0 fully saturated rings. The first-order valence-electron chi connectivity index (χ1n) is 7.47. The minimum atomic E-state index is -0.899.